The van der Waals surface area contributed by atoms with E-state index in [4.69, 9.17) is 5.02 Å². The Morgan fingerprint density at radius 3 is 2.64 bits per heavy atom. The van der Waals surface area contributed by atoms with Crippen molar-refractivity contribution in [2.75, 3.05) is 0 Å². The Balaban J connectivity index is 3.03. The topological polar surface area (TPSA) is 20.2 Å². The van der Waals surface area contributed by atoms with Crippen molar-refractivity contribution >= 4 is 25.6 Å². The van der Waals surface area contributed by atoms with Gasteiger partial charge in [0.15, 0.2) is 0 Å². The van der Waals surface area contributed by atoms with Crippen LogP contribution in [0.4, 0.5) is 0 Å². The summed E-state index contributed by atoms with van der Waals surface area (Å²) >= 11 is 4.20. The van der Waals surface area contributed by atoms with E-state index < -0.39 is 0 Å². The van der Waals surface area contributed by atoms with Gasteiger partial charge >= 0.3 is 7.48 Å². The van der Waals surface area contributed by atoms with Gasteiger partial charge in [0.05, 0.1) is 0 Å². The number of thiol groups is 1. The van der Waals surface area contributed by atoms with E-state index in [1.165, 1.54) is 0 Å². The van der Waals surface area contributed by atoms with E-state index in [-0.39, 0.29) is 0 Å². The smallest absolute Gasteiger partial charge is 0.326 e. The molecule has 0 spiro atoms. The molecule has 0 aliphatic heterocycles. The molecular formula is C8H8BOS. The third-order valence-corrected chi connectivity index (χ3v) is 1.80. The Morgan fingerprint density at radius 2 is 2.09 bits per heavy atom. The summed E-state index contributed by atoms with van der Waals surface area (Å²) in [4.78, 5) is 0.822. The molecule has 0 amide bonds. The van der Waals surface area contributed by atoms with Crippen LogP contribution in [-0.4, -0.2) is 12.5 Å². The minimum absolute atomic E-state index is 0.579. The second kappa shape index (κ2) is 3.65. The normalized spacial score (nSPS) is 9.27. The van der Waals surface area contributed by atoms with Gasteiger partial charge in [0.25, 0.3) is 0 Å². The maximum absolute atomic E-state index is 8.65. The Bertz CT molecular complexity index is 273. The summed E-state index contributed by atoms with van der Waals surface area (Å²) < 4.78 is 0. The van der Waals surface area contributed by atoms with Crippen molar-refractivity contribution < 1.29 is 5.02 Å². The first-order chi connectivity index (χ1) is 5.25. The summed E-state index contributed by atoms with van der Waals surface area (Å²) in [6, 6.07) is 7.48. The van der Waals surface area contributed by atoms with Gasteiger partial charge in [-0.15, -0.1) is 19.2 Å². The highest BCUT2D eigenvalue weighted by molar-refractivity contribution is 7.80. The van der Waals surface area contributed by atoms with Crippen LogP contribution in [-0.2, 0) is 0 Å². The zero-order valence-electron chi connectivity index (χ0n) is 5.99. The summed E-state index contributed by atoms with van der Waals surface area (Å²) in [5.74, 6) is 0. The van der Waals surface area contributed by atoms with Crippen molar-refractivity contribution in [1.29, 1.82) is 0 Å². The van der Waals surface area contributed by atoms with E-state index in [2.05, 4.69) is 19.2 Å². The Kier molecular flexibility index (Phi) is 2.80. The molecule has 0 saturated carbocycles. The van der Waals surface area contributed by atoms with Crippen LogP contribution in [0.5, 0.6) is 0 Å². The third kappa shape index (κ3) is 1.88. The van der Waals surface area contributed by atoms with Crippen LogP contribution in [0.25, 0.3) is 5.47 Å². The van der Waals surface area contributed by atoms with Crippen molar-refractivity contribution in [2.45, 2.75) is 4.90 Å². The fourth-order valence-electron chi connectivity index (χ4n) is 0.815. The standard InChI is InChI=1S/C8H8BOS/c1-6(9-10)7-4-2-3-5-8(7)11/h2-5,10-11H,1H2. The van der Waals surface area contributed by atoms with Gasteiger partial charge in [-0.2, -0.15) is 0 Å². The average Bonchev–Trinajstić information content (AvgIpc) is 2.04. The van der Waals surface area contributed by atoms with E-state index in [0.29, 0.717) is 5.47 Å². The molecule has 0 aliphatic rings. The Morgan fingerprint density at radius 1 is 1.45 bits per heavy atom. The molecular weight excluding hydrogens is 155 g/mol. The molecule has 11 heavy (non-hydrogen) atoms. The van der Waals surface area contributed by atoms with Crippen LogP contribution < -0.4 is 0 Å². The van der Waals surface area contributed by atoms with Crippen LogP contribution in [0.15, 0.2) is 35.7 Å². The van der Waals surface area contributed by atoms with Crippen molar-refractivity contribution in [2.24, 2.45) is 0 Å². The largest absolute Gasteiger partial charge is 0.450 e. The monoisotopic (exact) mass is 163 g/mol. The van der Waals surface area contributed by atoms with Crippen molar-refractivity contribution in [3.05, 3.63) is 36.4 Å². The van der Waals surface area contributed by atoms with Crippen LogP contribution in [0.3, 0.4) is 0 Å². The lowest BCUT2D eigenvalue weighted by atomic mass is 9.84. The maximum atomic E-state index is 8.65. The molecule has 0 fully saturated rings. The predicted molar refractivity (Wildman–Crippen MR) is 50.7 cm³/mol. The molecule has 1 aromatic rings. The first-order valence-electron chi connectivity index (χ1n) is 3.20. The van der Waals surface area contributed by atoms with Gasteiger partial charge in [0.2, 0.25) is 0 Å². The molecule has 55 valence electrons. The summed E-state index contributed by atoms with van der Waals surface area (Å²) in [6.07, 6.45) is 0. The SMILES string of the molecule is C=C([B]O)c1ccccc1S. The second-order valence-corrected chi connectivity index (χ2v) is 2.65. The molecule has 0 unspecified atom stereocenters. The van der Waals surface area contributed by atoms with Crippen molar-refractivity contribution in [1.82, 2.24) is 0 Å². The summed E-state index contributed by atoms with van der Waals surface area (Å²) in [5.41, 5.74) is 1.44. The lowest BCUT2D eigenvalue weighted by Gasteiger charge is -2.02. The van der Waals surface area contributed by atoms with Crippen LogP contribution in [0.2, 0.25) is 0 Å². The summed E-state index contributed by atoms with van der Waals surface area (Å²) in [7, 11) is 0.981. The van der Waals surface area contributed by atoms with Gasteiger partial charge in [-0.05, 0) is 11.6 Å². The molecule has 1 aromatic carbocycles. The number of hydrogen-bond donors (Lipinski definition) is 2. The molecule has 1 nitrogen and oxygen atoms in total. The van der Waals surface area contributed by atoms with Gasteiger partial charge < -0.3 is 5.02 Å². The van der Waals surface area contributed by atoms with E-state index >= 15 is 0 Å². The molecule has 1 rings (SSSR count). The quantitative estimate of drug-likeness (QED) is 0.500. The highest BCUT2D eigenvalue weighted by Gasteiger charge is 2.01. The highest BCUT2D eigenvalue weighted by Crippen LogP contribution is 2.18. The van der Waals surface area contributed by atoms with Crippen LogP contribution in [0.1, 0.15) is 5.56 Å². The zero-order chi connectivity index (χ0) is 8.27. The van der Waals surface area contributed by atoms with E-state index in [1.54, 1.807) is 0 Å². The minimum atomic E-state index is 0.579. The Hall–Kier alpha value is -0.665. The van der Waals surface area contributed by atoms with E-state index in [0.717, 1.165) is 17.9 Å². The lowest BCUT2D eigenvalue weighted by molar-refractivity contribution is 0.616. The molecule has 0 bridgehead atoms. The molecule has 0 saturated heterocycles. The number of benzene rings is 1. The third-order valence-electron chi connectivity index (χ3n) is 1.41. The van der Waals surface area contributed by atoms with Gasteiger partial charge in [-0.3, -0.25) is 0 Å². The van der Waals surface area contributed by atoms with Gasteiger partial charge in [0.1, 0.15) is 0 Å². The van der Waals surface area contributed by atoms with Crippen LogP contribution in [0, 0.1) is 0 Å². The fraction of sp³-hybridized carbons (Fsp3) is 0. The van der Waals surface area contributed by atoms with Crippen molar-refractivity contribution in [3.8, 4) is 0 Å². The van der Waals surface area contributed by atoms with Gasteiger partial charge in [0, 0.05) is 4.90 Å². The molecule has 1 N–H and O–H groups in total. The minimum Gasteiger partial charge on any atom is -0.450 e. The molecule has 0 heterocycles. The molecule has 0 aliphatic carbocycles. The molecule has 0 atom stereocenters. The van der Waals surface area contributed by atoms with Gasteiger partial charge in [-0.1, -0.05) is 23.7 Å². The van der Waals surface area contributed by atoms with E-state index in [1.807, 2.05) is 24.3 Å². The first kappa shape index (κ1) is 8.43. The summed E-state index contributed by atoms with van der Waals surface area (Å²) in [5, 5.41) is 8.65. The highest BCUT2D eigenvalue weighted by atomic mass is 32.1. The maximum Gasteiger partial charge on any atom is 0.326 e. The van der Waals surface area contributed by atoms with E-state index in [9.17, 15) is 0 Å². The average molecular weight is 163 g/mol. The van der Waals surface area contributed by atoms with Gasteiger partial charge in [-0.25, -0.2) is 0 Å². The summed E-state index contributed by atoms with van der Waals surface area (Å²) in [6.45, 7) is 3.65. The predicted octanol–water partition coefficient (Wildman–Crippen LogP) is 1.56. The fourth-order valence-corrected chi connectivity index (χ4v) is 1.12. The zero-order valence-corrected chi connectivity index (χ0v) is 6.88. The number of rotatable bonds is 2. The molecule has 0 aromatic heterocycles. The van der Waals surface area contributed by atoms with Crippen molar-refractivity contribution in [3.63, 3.8) is 0 Å². The Labute approximate surface area is 72.4 Å². The molecule has 3 heteroatoms. The second-order valence-electron chi connectivity index (χ2n) is 2.17. The number of hydrogen-bond acceptors (Lipinski definition) is 2. The molecule has 1 radical (unpaired) electrons. The first-order valence-corrected chi connectivity index (χ1v) is 3.65. The lowest BCUT2D eigenvalue weighted by Crippen LogP contribution is -1.93. The van der Waals surface area contributed by atoms with Crippen LogP contribution >= 0.6 is 12.6 Å².